The van der Waals surface area contributed by atoms with E-state index < -0.39 is 0 Å². The van der Waals surface area contributed by atoms with Gasteiger partial charge in [-0.25, -0.2) is 4.68 Å². The third kappa shape index (κ3) is 2.97. The van der Waals surface area contributed by atoms with Gasteiger partial charge >= 0.3 is 0 Å². The summed E-state index contributed by atoms with van der Waals surface area (Å²) in [5.41, 5.74) is 8.25. The number of methoxy groups -OCH3 is 1. The van der Waals surface area contributed by atoms with E-state index in [1.54, 1.807) is 7.11 Å². The SMILES string of the molecule is CCC1CN(C(CN)c2c(C)nn(C)c2OC)CCS1. The summed E-state index contributed by atoms with van der Waals surface area (Å²) < 4.78 is 7.35. The van der Waals surface area contributed by atoms with Gasteiger partial charge in [0.2, 0.25) is 5.88 Å². The van der Waals surface area contributed by atoms with Crippen LogP contribution in [0, 0.1) is 6.92 Å². The normalized spacial score (nSPS) is 21.9. The van der Waals surface area contributed by atoms with Gasteiger partial charge in [-0.05, 0) is 13.3 Å². The van der Waals surface area contributed by atoms with Gasteiger partial charge in [-0.15, -0.1) is 0 Å². The lowest BCUT2D eigenvalue weighted by atomic mass is 10.0. The fourth-order valence-corrected chi connectivity index (χ4v) is 4.21. The Bertz CT molecular complexity index is 449. The molecule has 2 rings (SSSR count). The second-order valence-electron chi connectivity index (χ2n) is 5.28. The maximum atomic E-state index is 6.08. The highest BCUT2D eigenvalue weighted by Crippen LogP contribution is 2.34. The monoisotopic (exact) mass is 298 g/mol. The summed E-state index contributed by atoms with van der Waals surface area (Å²) in [6.07, 6.45) is 1.21. The molecule has 1 aliphatic rings. The number of hydrogen-bond acceptors (Lipinski definition) is 5. The minimum Gasteiger partial charge on any atom is -0.481 e. The molecule has 20 heavy (non-hydrogen) atoms. The van der Waals surface area contributed by atoms with Crippen LogP contribution in [-0.2, 0) is 7.05 Å². The Morgan fingerprint density at radius 3 is 2.90 bits per heavy atom. The van der Waals surface area contributed by atoms with Crippen molar-refractivity contribution >= 4 is 11.8 Å². The molecule has 0 bridgehead atoms. The van der Waals surface area contributed by atoms with E-state index in [1.807, 2.05) is 18.7 Å². The minimum atomic E-state index is 0.202. The highest BCUT2D eigenvalue weighted by molar-refractivity contribution is 8.00. The van der Waals surface area contributed by atoms with Gasteiger partial charge in [-0.3, -0.25) is 4.90 Å². The highest BCUT2D eigenvalue weighted by Gasteiger charge is 2.30. The lowest BCUT2D eigenvalue weighted by molar-refractivity contribution is 0.202. The lowest BCUT2D eigenvalue weighted by Crippen LogP contribution is -2.43. The maximum Gasteiger partial charge on any atom is 0.216 e. The van der Waals surface area contributed by atoms with Crippen molar-refractivity contribution in [2.45, 2.75) is 31.6 Å². The zero-order valence-electron chi connectivity index (χ0n) is 12.9. The van der Waals surface area contributed by atoms with E-state index in [-0.39, 0.29) is 6.04 Å². The molecule has 0 radical (unpaired) electrons. The molecule has 2 atom stereocenters. The number of nitrogens with zero attached hydrogens (tertiary/aromatic N) is 3. The Morgan fingerprint density at radius 2 is 2.30 bits per heavy atom. The largest absolute Gasteiger partial charge is 0.481 e. The molecule has 1 aliphatic heterocycles. The molecule has 0 spiro atoms. The van der Waals surface area contributed by atoms with Gasteiger partial charge in [0.25, 0.3) is 0 Å². The smallest absolute Gasteiger partial charge is 0.216 e. The third-order valence-electron chi connectivity index (χ3n) is 4.03. The Balaban J connectivity index is 2.28. The van der Waals surface area contributed by atoms with Crippen molar-refractivity contribution in [3.8, 4) is 5.88 Å². The van der Waals surface area contributed by atoms with Gasteiger partial charge in [0.15, 0.2) is 0 Å². The predicted octanol–water partition coefficient (Wildman–Crippen LogP) is 1.56. The Hall–Kier alpha value is -0.720. The molecule has 0 aromatic carbocycles. The van der Waals surface area contributed by atoms with E-state index in [9.17, 15) is 0 Å². The molecule has 2 unspecified atom stereocenters. The van der Waals surface area contributed by atoms with E-state index in [1.165, 1.54) is 12.2 Å². The van der Waals surface area contributed by atoms with E-state index in [4.69, 9.17) is 10.5 Å². The summed E-state index contributed by atoms with van der Waals surface area (Å²) in [5, 5.41) is 5.20. The molecule has 0 aliphatic carbocycles. The van der Waals surface area contributed by atoms with Crippen LogP contribution in [-0.4, -0.2) is 52.4 Å². The molecular weight excluding hydrogens is 272 g/mol. The average molecular weight is 298 g/mol. The van der Waals surface area contributed by atoms with Crippen molar-refractivity contribution in [3.05, 3.63) is 11.3 Å². The minimum absolute atomic E-state index is 0.202. The van der Waals surface area contributed by atoms with Crippen molar-refractivity contribution in [2.24, 2.45) is 12.8 Å². The quantitative estimate of drug-likeness (QED) is 0.894. The molecule has 6 heteroatoms. The fraction of sp³-hybridized carbons (Fsp3) is 0.786. The van der Waals surface area contributed by atoms with Crippen LogP contribution >= 0.6 is 11.8 Å². The molecule has 0 saturated carbocycles. The molecule has 1 aromatic heterocycles. The Kier molecular flexibility index (Phi) is 5.35. The molecule has 5 nitrogen and oxygen atoms in total. The molecular formula is C14H26N4OS. The Morgan fingerprint density at radius 1 is 1.55 bits per heavy atom. The van der Waals surface area contributed by atoms with Crippen molar-refractivity contribution in [1.82, 2.24) is 14.7 Å². The van der Waals surface area contributed by atoms with E-state index in [0.717, 1.165) is 30.2 Å². The van der Waals surface area contributed by atoms with Crippen LogP contribution < -0.4 is 10.5 Å². The number of ether oxygens (including phenoxy) is 1. The van der Waals surface area contributed by atoms with Gasteiger partial charge in [-0.2, -0.15) is 16.9 Å². The average Bonchev–Trinajstić information content (AvgIpc) is 2.74. The van der Waals surface area contributed by atoms with Crippen molar-refractivity contribution in [3.63, 3.8) is 0 Å². The molecule has 2 heterocycles. The zero-order valence-corrected chi connectivity index (χ0v) is 13.7. The van der Waals surface area contributed by atoms with Crippen molar-refractivity contribution in [1.29, 1.82) is 0 Å². The van der Waals surface area contributed by atoms with Gasteiger partial charge in [0.05, 0.1) is 24.4 Å². The first-order valence-electron chi connectivity index (χ1n) is 7.25. The van der Waals surface area contributed by atoms with Crippen LogP contribution in [0.15, 0.2) is 0 Å². The molecule has 0 amide bonds. The van der Waals surface area contributed by atoms with Gasteiger partial charge in [0.1, 0.15) is 0 Å². The first-order chi connectivity index (χ1) is 9.62. The topological polar surface area (TPSA) is 56.3 Å². The number of aromatic nitrogens is 2. The number of nitrogens with two attached hydrogens (primary N) is 1. The van der Waals surface area contributed by atoms with E-state index in [0.29, 0.717) is 11.8 Å². The standard InChI is InChI=1S/C14H26N4OS/c1-5-11-9-18(6-7-20-11)12(8-15)13-10(2)16-17(3)14(13)19-4/h11-12H,5-9,15H2,1-4H3. The predicted molar refractivity (Wildman–Crippen MR) is 84.4 cm³/mol. The second-order valence-corrected chi connectivity index (χ2v) is 6.69. The number of thioether (sulfide) groups is 1. The maximum absolute atomic E-state index is 6.08. The molecule has 2 N–H and O–H groups in total. The van der Waals surface area contributed by atoms with Crippen LogP contribution in [0.1, 0.15) is 30.6 Å². The molecule has 1 aromatic rings. The third-order valence-corrected chi connectivity index (χ3v) is 5.40. The summed E-state index contributed by atoms with van der Waals surface area (Å²) in [6, 6.07) is 0.202. The summed E-state index contributed by atoms with van der Waals surface area (Å²) in [6.45, 7) is 7.08. The first-order valence-corrected chi connectivity index (χ1v) is 8.30. The molecule has 1 saturated heterocycles. The highest BCUT2D eigenvalue weighted by atomic mass is 32.2. The van der Waals surface area contributed by atoms with Gasteiger partial charge in [-0.1, -0.05) is 6.92 Å². The lowest BCUT2D eigenvalue weighted by Gasteiger charge is -2.37. The fourth-order valence-electron chi connectivity index (χ4n) is 3.00. The number of aryl methyl sites for hydroxylation is 2. The van der Waals surface area contributed by atoms with Crippen LogP contribution in [0.25, 0.3) is 0 Å². The zero-order chi connectivity index (χ0) is 14.7. The van der Waals surface area contributed by atoms with Gasteiger partial charge < -0.3 is 10.5 Å². The first kappa shape index (κ1) is 15.7. The summed E-state index contributed by atoms with van der Waals surface area (Å²) in [5.74, 6) is 2.01. The van der Waals surface area contributed by atoms with Crippen LogP contribution in [0.3, 0.4) is 0 Å². The van der Waals surface area contributed by atoms with Crippen LogP contribution in [0.2, 0.25) is 0 Å². The summed E-state index contributed by atoms with van der Waals surface area (Å²) in [4.78, 5) is 2.50. The van der Waals surface area contributed by atoms with Crippen LogP contribution in [0.5, 0.6) is 5.88 Å². The van der Waals surface area contributed by atoms with E-state index in [2.05, 4.69) is 28.7 Å². The summed E-state index contributed by atoms with van der Waals surface area (Å²) in [7, 11) is 3.62. The summed E-state index contributed by atoms with van der Waals surface area (Å²) >= 11 is 2.07. The number of hydrogen-bond donors (Lipinski definition) is 1. The van der Waals surface area contributed by atoms with E-state index >= 15 is 0 Å². The molecule has 1 fully saturated rings. The number of rotatable bonds is 5. The Labute approximate surface area is 125 Å². The van der Waals surface area contributed by atoms with Crippen LogP contribution in [0.4, 0.5) is 0 Å². The van der Waals surface area contributed by atoms with Crippen molar-refractivity contribution < 1.29 is 4.74 Å². The molecule has 114 valence electrons. The van der Waals surface area contributed by atoms with Gasteiger partial charge in [0, 0.05) is 37.7 Å². The second kappa shape index (κ2) is 6.83. The van der Waals surface area contributed by atoms with Crippen molar-refractivity contribution in [2.75, 3.05) is 32.5 Å².